The summed E-state index contributed by atoms with van der Waals surface area (Å²) in [5, 5.41) is 3.22. The van der Waals surface area contributed by atoms with E-state index in [1.165, 1.54) is 70.3 Å². The third kappa shape index (κ3) is 8.42. The number of amides is 1. The highest BCUT2D eigenvalue weighted by Gasteiger charge is 2.28. The van der Waals surface area contributed by atoms with Gasteiger partial charge in [-0.05, 0) is 62.4 Å². The van der Waals surface area contributed by atoms with Crippen LogP contribution in [0.1, 0.15) is 112 Å². The van der Waals surface area contributed by atoms with Crippen LogP contribution in [0, 0.1) is 10.8 Å². The van der Waals surface area contributed by atoms with Crippen LogP contribution >= 0.6 is 0 Å². The normalized spacial score (nSPS) is 32.4. The highest BCUT2D eigenvalue weighted by molar-refractivity contribution is 5.87. The van der Waals surface area contributed by atoms with E-state index in [0.717, 1.165) is 12.8 Å². The average Bonchev–Trinajstić information content (AvgIpc) is 2.53. The smallest absolute Gasteiger partial charge is 0.243 e. The third-order valence-corrected chi connectivity index (χ3v) is 6.69. The van der Waals surface area contributed by atoms with Gasteiger partial charge < -0.3 is 5.32 Å². The summed E-state index contributed by atoms with van der Waals surface area (Å²) in [5.41, 5.74) is 0.836. The second-order valence-electron chi connectivity index (χ2n) is 9.85. The van der Waals surface area contributed by atoms with Gasteiger partial charge in [0.05, 0.1) is 0 Å². The van der Waals surface area contributed by atoms with Crippen molar-refractivity contribution in [1.82, 2.24) is 5.32 Å². The van der Waals surface area contributed by atoms with Crippen molar-refractivity contribution < 1.29 is 4.79 Å². The molecule has 2 heteroatoms. The van der Waals surface area contributed by atoms with Crippen LogP contribution in [0.5, 0.6) is 0 Å². The summed E-state index contributed by atoms with van der Waals surface area (Å²) in [6.45, 7) is 15.5. The molecule has 0 spiro atoms. The molecule has 0 aromatic rings. The molecule has 0 saturated heterocycles. The van der Waals surface area contributed by atoms with Crippen molar-refractivity contribution in [2.24, 2.45) is 10.8 Å². The molecule has 1 aliphatic carbocycles. The van der Waals surface area contributed by atoms with Crippen LogP contribution in [0.4, 0.5) is 0 Å². The highest BCUT2D eigenvalue weighted by Crippen LogP contribution is 2.38. The molecule has 0 aromatic carbocycles. The molecule has 1 rings (SSSR count). The average molecular weight is 350 g/mol. The Hall–Kier alpha value is -0.790. The van der Waals surface area contributed by atoms with E-state index in [-0.39, 0.29) is 11.4 Å². The Morgan fingerprint density at radius 1 is 0.880 bits per heavy atom. The first-order chi connectivity index (χ1) is 11.6. The quantitative estimate of drug-likeness (QED) is 0.558. The maximum atomic E-state index is 11.9. The van der Waals surface area contributed by atoms with E-state index in [1.54, 1.807) is 0 Å². The predicted octanol–water partition coefficient (Wildman–Crippen LogP) is 6.79. The summed E-state index contributed by atoms with van der Waals surface area (Å²) < 4.78 is 0. The van der Waals surface area contributed by atoms with Crippen molar-refractivity contribution in [2.75, 3.05) is 0 Å². The first kappa shape index (κ1) is 22.3. The third-order valence-electron chi connectivity index (χ3n) is 6.69. The summed E-state index contributed by atoms with van der Waals surface area (Å²) in [6, 6.07) is 0. The Morgan fingerprint density at radius 2 is 1.40 bits per heavy atom. The molecule has 0 radical (unpaired) electrons. The number of carbonyl (C=O) groups excluding carboxylic acids is 1. The van der Waals surface area contributed by atoms with E-state index in [0.29, 0.717) is 10.8 Å². The lowest BCUT2D eigenvalue weighted by Gasteiger charge is -2.35. The van der Waals surface area contributed by atoms with Gasteiger partial charge in [0, 0.05) is 5.54 Å². The summed E-state index contributed by atoms with van der Waals surface area (Å²) in [5.74, 6) is -0.0264. The molecule has 25 heavy (non-hydrogen) atoms. The molecular weight excluding hydrogens is 306 g/mol. The first-order valence-corrected chi connectivity index (χ1v) is 10.6. The predicted molar refractivity (Wildman–Crippen MR) is 110 cm³/mol. The minimum absolute atomic E-state index is 0.0264. The van der Waals surface area contributed by atoms with Crippen LogP contribution in [-0.2, 0) is 4.79 Å². The van der Waals surface area contributed by atoms with Gasteiger partial charge in [-0.15, -0.1) is 0 Å². The van der Waals surface area contributed by atoms with Gasteiger partial charge in [0.2, 0.25) is 5.91 Å². The van der Waals surface area contributed by atoms with Crippen molar-refractivity contribution in [2.45, 2.75) is 117 Å². The Bertz CT molecular complexity index is 428. The van der Waals surface area contributed by atoms with Crippen molar-refractivity contribution in [3.05, 3.63) is 12.7 Å². The molecule has 2 atom stereocenters. The van der Waals surface area contributed by atoms with Crippen molar-refractivity contribution in [3.8, 4) is 0 Å². The van der Waals surface area contributed by atoms with E-state index in [4.69, 9.17) is 0 Å². The first-order valence-electron chi connectivity index (χ1n) is 10.6. The summed E-state index contributed by atoms with van der Waals surface area (Å²) in [4.78, 5) is 11.9. The van der Waals surface area contributed by atoms with E-state index < -0.39 is 0 Å². The van der Waals surface area contributed by atoms with Gasteiger partial charge in [-0.2, -0.15) is 0 Å². The zero-order valence-electron chi connectivity index (χ0n) is 17.7. The maximum absolute atomic E-state index is 11.9. The Labute approximate surface area is 157 Å². The highest BCUT2D eigenvalue weighted by atomic mass is 16.1. The molecule has 1 fully saturated rings. The van der Waals surface area contributed by atoms with Gasteiger partial charge in [0.15, 0.2) is 0 Å². The maximum Gasteiger partial charge on any atom is 0.243 e. The number of nitrogens with one attached hydrogen (secondary N) is 1. The summed E-state index contributed by atoms with van der Waals surface area (Å²) >= 11 is 0. The Balaban J connectivity index is 2.78. The van der Waals surface area contributed by atoms with E-state index in [2.05, 4.69) is 46.5 Å². The topological polar surface area (TPSA) is 29.1 Å². The molecule has 0 aromatic heterocycles. The van der Waals surface area contributed by atoms with Crippen LogP contribution in [-0.4, -0.2) is 11.4 Å². The van der Waals surface area contributed by atoms with Gasteiger partial charge in [0.1, 0.15) is 0 Å². The summed E-state index contributed by atoms with van der Waals surface area (Å²) in [6.07, 6.45) is 16.5. The zero-order chi connectivity index (χ0) is 19.0. The Morgan fingerprint density at radius 3 is 2.00 bits per heavy atom. The second kappa shape index (κ2) is 9.78. The molecule has 0 bridgehead atoms. The van der Waals surface area contributed by atoms with Crippen LogP contribution in [0.15, 0.2) is 12.7 Å². The molecule has 2 nitrogen and oxygen atoms in total. The zero-order valence-corrected chi connectivity index (χ0v) is 17.7. The lowest BCUT2D eigenvalue weighted by molar-refractivity contribution is -0.118. The van der Waals surface area contributed by atoms with Crippen molar-refractivity contribution >= 4 is 5.91 Å². The van der Waals surface area contributed by atoms with Gasteiger partial charge in [0.25, 0.3) is 0 Å². The fraction of sp³-hybridized carbons (Fsp3) is 0.870. The number of carbonyl (C=O) groups is 1. The molecule has 1 saturated carbocycles. The molecular formula is C23H43NO. The van der Waals surface area contributed by atoms with Crippen LogP contribution in [0.25, 0.3) is 0 Å². The fourth-order valence-electron chi connectivity index (χ4n) is 4.40. The molecule has 0 heterocycles. The molecule has 146 valence electrons. The molecule has 1 amide bonds. The van der Waals surface area contributed by atoms with Crippen LogP contribution < -0.4 is 5.32 Å². The van der Waals surface area contributed by atoms with E-state index in [1.807, 2.05) is 0 Å². The SMILES string of the molecule is C=CC(=O)NC1(C)CCCCCC(C)(CC)CCCC(C)(C)CCC1. The fourth-order valence-corrected chi connectivity index (χ4v) is 4.40. The van der Waals surface area contributed by atoms with E-state index in [9.17, 15) is 4.79 Å². The number of hydrogen-bond donors (Lipinski definition) is 1. The van der Waals surface area contributed by atoms with Gasteiger partial charge in [-0.3, -0.25) is 4.79 Å². The number of hydrogen-bond acceptors (Lipinski definition) is 1. The molecule has 2 unspecified atom stereocenters. The second-order valence-corrected chi connectivity index (χ2v) is 9.85. The number of rotatable bonds is 3. The van der Waals surface area contributed by atoms with Crippen LogP contribution in [0.2, 0.25) is 0 Å². The van der Waals surface area contributed by atoms with Gasteiger partial charge in [-0.25, -0.2) is 0 Å². The minimum Gasteiger partial charge on any atom is -0.347 e. The minimum atomic E-state index is -0.0838. The largest absolute Gasteiger partial charge is 0.347 e. The van der Waals surface area contributed by atoms with Crippen molar-refractivity contribution in [1.29, 1.82) is 0 Å². The lowest BCUT2D eigenvalue weighted by atomic mass is 9.74. The molecule has 1 aliphatic rings. The summed E-state index contributed by atoms with van der Waals surface area (Å²) in [7, 11) is 0. The Kier molecular flexibility index (Phi) is 8.71. The standard InChI is InChI=1S/C23H43NO/c1-7-20(25)24-23(6)18-11-9-10-16-22(5,8-2)17-12-14-21(3,4)15-13-19-23/h7H,1,8-19H2,2-6H3,(H,24,25). The van der Waals surface area contributed by atoms with Crippen LogP contribution in [0.3, 0.4) is 0 Å². The lowest BCUT2D eigenvalue weighted by Crippen LogP contribution is -2.45. The van der Waals surface area contributed by atoms with E-state index >= 15 is 0 Å². The monoisotopic (exact) mass is 349 g/mol. The molecule has 0 aliphatic heterocycles. The van der Waals surface area contributed by atoms with Gasteiger partial charge in [-0.1, -0.05) is 72.8 Å². The van der Waals surface area contributed by atoms with Gasteiger partial charge >= 0.3 is 0 Å². The molecule has 1 N–H and O–H groups in total. The van der Waals surface area contributed by atoms with Crippen molar-refractivity contribution in [3.63, 3.8) is 0 Å².